The molecule has 0 unspecified atom stereocenters. The number of pyridine rings is 1. The Labute approximate surface area is 245 Å². The van der Waals surface area contributed by atoms with Crippen molar-refractivity contribution in [1.29, 1.82) is 0 Å². The standard InChI is InChI=1S/C28H30ClF3N6O3Si/c1-27(2,3)42(4,5)40-12-10-33-23(39)16-37-11-9-18-19(7-6-8-22(18)37)24-35-26(41-36-24)21-15-38-14-17(28(30,31)32)13-20(29)25(38)34-21/h6-9,11,13-15H,10,12,16H2,1-5H3,(H,33,39). The molecule has 42 heavy (non-hydrogen) atoms. The van der Waals surface area contributed by atoms with Crippen molar-refractivity contribution in [3.05, 3.63) is 59.5 Å². The molecule has 4 heterocycles. The number of alkyl halides is 3. The van der Waals surface area contributed by atoms with Crippen LogP contribution in [-0.4, -0.2) is 51.5 Å². The number of hydrogen-bond acceptors (Lipinski definition) is 6. The minimum atomic E-state index is -4.56. The first-order valence-electron chi connectivity index (χ1n) is 13.2. The first-order valence-corrected chi connectivity index (χ1v) is 16.5. The molecule has 0 fully saturated rings. The minimum Gasteiger partial charge on any atom is -0.415 e. The summed E-state index contributed by atoms with van der Waals surface area (Å²) in [5.74, 6) is 0.145. The molecule has 9 nitrogen and oxygen atoms in total. The Kier molecular flexibility index (Phi) is 7.71. The maximum Gasteiger partial charge on any atom is 0.417 e. The molecular weight excluding hydrogens is 589 g/mol. The molecule has 5 aromatic rings. The molecule has 0 aliphatic carbocycles. The zero-order valence-corrected chi connectivity index (χ0v) is 25.5. The second-order valence-electron chi connectivity index (χ2n) is 11.5. The quantitative estimate of drug-likeness (QED) is 0.151. The molecule has 4 aromatic heterocycles. The van der Waals surface area contributed by atoms with Gasteiger partial charge < -0.3 is 23.2 Å². The lowest BCUT2D eigenvalue weighted by atomic mass is 10.1. The molecule has 5 rings (SSSR count). The Balaban J connectivity index is 1.31. The maximum atomic E-state index is 13.2. The molecular formula is C28H30ClF3N6O3Si. The van der Waals surface area contributed by atoms with Crippen LogP contribution < -0.4 is 5.32 Å². The molecule has 1 N–H and O–H groups in total. The van der Waals surface area contributed by atoms with Crippen molar-refractivity contribution in [3.63, 3.8) is 0 Å². The van der Waals surface area contributed by atoms with E-state index in [2.05, 4.69) is 54.3 Å². The number of nitrogens with one attached hydrogen (secondary N) is 1. The highest BCUT2D eigenvalue weighted by molar-refractivity contribution is 6.74. The predicted molar refractivity (Wildman–Crippen MR) is 156 cm³/mol. The van der Waals surface area contributed by atoms with Crippen molar-refractivity contribution in [2.45, 2.75) is 51.6 Å². The highest BCUT2D eigenvalue weighted by Crippen LogP contribution is 2.36. The lowest BCUT2D eigenvalue weighted by Gasteiger charge is -2.36. The first kappa shape index (κ1) is 29.8. The fourth-order valence-corrected chi connectivity index (χ4v) is 5.53. The molecule has 0 radical (unpaired) electrons. The fraction of sp³-hybridized carbons (Fsp3) is 0.357. The summed E-state index contributed by atoms with van der Waals surface area (Å²) in [6, 6.07) is 8.20. The number of halogens is 4. The van der Waals surface area contributed by atoms with Gasteiger partial charge in [0.1, 0.15) is 12.2 Å². The van der Waals surface area contributed by atoms with Gasteiger partial charge in [0.2, 0.25) is 11.7 Å². The number of fused-ring (bicyclic) bond motifs is 2. The van der Waals surface area contributed by atoms with E-state index >= 15 is 0 Å². The number of hydrogen-bond donors (Lipinski definition) is 1. The molecule has 0 saturated heterocycles. The number of nitrogens with zero attached hydrogens (tertiary/aromatic N) is 5. The monoisotopic (exact) mass is 618 g/mol. The summed E-state index contributed by atoms with van der Waals surface area (Å²) < 4.78 is 54.1. The Morgan fingerprint density at radius 3 is 2.62 bits per heavy atom. The van der Waals surface area contributed by atoms with E-state index in [-0.39, 0.29) is 45.6 Å². The van der Waals surface area contributed by atoms with E-state index in [0.29, 0.717) is 18.7 Å². The largest absolute Gasteiger partial charge is 0.417 e. The van der Waals surface area contributed by atoms with Gasteiger partial charge in [-0.2, -0.15) is 18.2 Å². The first-order chi connectivity index (χ1) is 19.6. The zero-order chi connectivity index (χ0) is 30.4. The van der Waals surface area contributed by atoms with Gasteiger partial charge >= 0.3 is 6.18 Å². The number of imidazole rings is 1. The third kappa shape index (κ3) is 5.94. The van der Waals surface area contributed by atoms with E-state index in [1.165, 1.54) is 10.6 Å². The number of amides is 1. The highest BCUT2D eigenvalue weighted by Gasteiger charge is 2.37. The van der Waals surface area contributed by atoms with Crippen LogP contribution in [0.1, 0.15) is 26.3 Å². The van der Waals surface area contributed by atoms with E-state index in [1.54, 1.807) is 0 Å². The summed E-state index contributed by atoms with van der Waals surface area (Å²) in [6.07, 6.45) is -0.505. The van der Waals surface area contributed by atoms with Gasteiger partial charge in [-0.25, -0.2) is 4.98 Å². The van der Waals surface area contributed by atoms with E-state index in [4.69, 9.17) is 20.6 Å². The number of aromatic nitrogens is 5. The molecule has 1 aromatic carbocycles. The average Bonchev–Trinajstić information content (AvgIpc) is 3.64. The van der Waals surface area contributed by atoms with Crippen LogP contribution in [0.25, 0.3) is 39.5 Å². The van der Waals surface area contributed by atoms with Gasteiger partial charge in [0.05, 0.1) is 17.2 Å². The number of carbonyl (C=O) groups excluding carboxylic acids is 1. The predicted octanol–water partition coefficient (Wildman–Crippen LogP) is 6.82. The molecule has 0 aliphatic rings. The van der Waals surface area contributed by atoms with E-state index in [9.17, 15) is 18.0 Å². The molecule has 0 aliphatic heterocycles. The molecule has 0 saturated carbocycles. The maximum absolute atomic E-state index is 13.2. The van der Waals surface area contributed by atoms with Crippen LogP contribution >= 0.6 is 11.6 Å². The lowest BCUT2D eigenvalue weighted by molar-refractivity contribution is -0.137. The van der Waals surface area contributed by atoms with Crippen molar-refractivity contribution in [2.75, 3.05) is 13.2 Å². The van der Waals surface area contributed by atoms with E-state index < -0.39 is 20.1 Å². The van der Waals surface area contributed by atoms with E-state index in [0.717, 1.165) is 23.2 Å². The van der Waals surface area contributed by atoms with Crippen molar-refractivity contribution in [3.8, 4) is 23.0 Å². The molecule has 0 bridgehead atoms. The van der Waals surface area contributed by atoms with Gasteiger partial charge in [-0.05, 0) is 36.3 Å². The normalized spacial score (nSPS) is 12.9. The van der Waals surface area contributed by atoms with Gasteiger partial charge in [0.25, 0.3) is 5.89 Å². The Hall–Kier alpha value is -3.68. The van der Waals surface area contributed by atoms with Gasteiger partial charge in [0, 0.05) is 41.6 Å². The molecule has 0 atom stereocenters. The SMILES string of the molecule is CC(C)(C)[Si](C)(C)OCCNC(=O)Cn1ccc2c(-c3noc(-c4cn5cc(C(F)(F)F)cc(Cl)c5n4)n3)cccc21. The summed E-state index contributed by atoms with van der Waals surface area (Å²) in [5, 5.41) is 7.73. The van der Waals surface area contributed by atoms with E-state index in [1.807, 2.05) is 35.0 Å². The summed E-state index contributed by atoms with van der Waals surface area (Å²) in [5.41, 5.74) is 0.855. The molecule has 222 valence electrons. The average molecular weight is 619 g/mol. The van der Waals surface area contributed by atoms with Crippen LogP contribution in [0, 0.1) is 0 Å². The Morgan fingerprint density at radius 1 is 1.14 bits per heavy atom. The summed E-state index contributed by atoms with van der Waals surface area (Å²) in [7, 11) is -1.88. The topological polar surface area (TPSA) is 99.5 Å². The van der Waals surface area contributed by atoms with Gasteiger partial charge in [-0.15, -0.1) is 0 Å². The van der Waals surface area contributed by atoms with Crippen LogP contribution in [0.3, 0.4) is 0 Å². The molecule has 0 spiro atoms. The second kappa shape index (κ2) is 10.9. The smallest absolute Gasteiger partial charge is 0.415 e. The number of carbonyl (C=O) groups is 1. The van der Waals surface area contributed by atoms with Gasteiger partial charge in [-0.1, -0.05) is 49.7 Å². The third-order valence-corrected chi connectivity index (χ3v) is 12.4. The Morgan fingerprint density at radius 2 is 1.90 bits per heavy atom. The number of rotatable bonds is 8. The Bertz CT molecular complexity index is 1770. The fourth-order valence-electron chi connectivity index (χ4n) is 4.23. The summed E-state index contributed by atoms with van der Waals surface area (Å²) >= 11 is 6.06. The van der Waals surface area contributed by atoms with Crippen molar-refractivity contribution in [2.24, 2.45) is 0 Å². The summed E-state index contributed by atoms with van der Waals surface area (Å²) in [4.78, 5) is 21.4. The lowest BCUT2D eigenvalue weighted by Crippen LogP contribution is -2.43. The van der Waals surface area contributed by atoms with Crippen LogP contribution in [0.5, 0.6) is 0 Å². The third-order valence-electron chi connectivity index (χ3n) is 7.54. The van der Waals surface area contributed by atoms with Crippen LogP contribution in [0.2, 0.25) is 23.2 Å². The van der Waals surface area contributed by atoms with Crippen molar-refractivity contribution in [1.82, 2.24) is 29.4 Å². The van der Waals surface area contributed by atoms with Crippen LogP contribution in [0.15, 0.2) is 53.4 Å². The second-order valence-corrected chi connectivity index (χ2v) is 16.7. The van der Waals surface area contributed by atoms with Crippen LogP contribution in [-0.2, 0) is 21.9 Å². The minimum absolute atomic E-state index is 0.0223. The highest BCUT2D eigenvalue weighted by atomic mass is 35.5. The van der Waals surface area contributed by atoms with Gasteiger partial charge in [-0.3, -0.25) is 4.79 Å². The number of benzene rings is 1. The van der Waals surface area contributed by atoms with Crippen LogP contribution in [0.4, 0.5) is 13.2 Å². The van der Waals surface area contributed by atoms with Gasteiger partial charge in [0.15, 0.2) is 14.0 Å². The summed E-state index contributed by atoms with van der Waals surface area (Å²) in [6.45, 7) is 11.9. The molecule has 14 heteroatoms. The van der Waals surface area contributed by atoms with Crippen molar-refractivity contribution >= 4 is 42.4 Å². The zero-order valence-electron chi connectivity index (χ0n) is 23.7. The molecule has 1 amide bonds. The van der Waals surface area contributed by atoms with Crippen molar-refractivity contribution < 1.29 is 26.9 Å².